The van der Waals surface area contributed by atoms with Crippen LogP contribution >= 0.6 is 0 Å². The Morgan fingerprint density at radius 2 is 1.14 bits per heavy atom. The average molecular weight is 295 g/mol. The maximum atomic E-state index is 2.45. The molecule has 0 heteroatoms. The van der Waals surface area contributed by atoms with E-state index in [-0.39, 0.29) is 0 Å². The van der Waals surface area contributed by atoms with Gasteiger partial charge in [0.05, 0.1) is 0 Å². The zero-order chi connectivity index (χ0) is 15.6. The van der Waals surface area contributed by atoms with Crippen LogP contribution in [0.5, 0.6) is 0 Å². The van der Waals surface area contributed by atoms with Crippen LogP contribution in [0, 0.1) is 5.92 Å². The Labute approximate surface area is 135 Å². The standard InChI is InChI=1S/C21H42/c1-4-6-8-10-11-12-13-14-16-18-20-21(3)19-17-15-9-7-5-2/h5,7,21H,4,6,8-20H2,1-3H3/b7-5+. The van der Waals surface area contributed by atoms with Gasteiger partial charge in [-0.3, -0.25) is 0 Å². The van der Waals surface area contributed by atoms with Gasteiger partial charge in [-0.25, -0.2) is 0 Å². The number of unbranched alkanes of at least 4 members (excludes halogenated alkanes) is 11. The molecule has 0 bridgehead atoms. The lowest BCUT2D eigenvalue weighted by molar-refractivity contribution is 0.437. The molecule has 0 radical (unpaired) electrons. The Bertz CT molecular complexity index is 204. The Kier molecular flexibility index (Phi) is 17.6. The fourth-order valence-corrected chi connectivity index (χ4v) is 3.05. The summed E-state index contributed by atoms with van der Waals surface area (Å²) in [6, 6.07) is 0. The molecule has 0 N–H and O–H groups in total. The van der Waals surface area contributed by atoms with E-state index in [1.807, 2.05) is 0 Å². The molecule has 0 saturated heterocycles. The summed E-state index contributed by atoms with van der Waals surface area (Å²) in [6.07, 6.45) is 26.0. The molecule has 0 aromatic carbocycles. The maximum absolute atomic E-state index is 2.45. The van der Waals surface area contributed by atoms with Crippen LogP contribution in [0.15, 0.2) is 12.2 Å². The van der Waals surface area contributed by atoms with Gasteiger partial charge in [-0.05, 0) is 25.7 Å². The summed E-state index contributed by atoms with van der Waals surface area (Å²) in [5.74, 6) is 0.949. The molecule has 1 unspecified atom stereocenters. The van der Waals surface area contributed by atoms with Crippen LogP contribution in [0.25, 0.3) is 0 Å². The number of hydrogen-bond donors (Lipinski definition) is 0. The first-order chi connectivity index (χ1) is 10.3. The molecule has 0 aliphatic heterocycles. The molecule has 0 fully saturated rings. The molecule has 0 amide bonds. The Hall–Kier alpha value is -0.260. The van der Waals surface area contributed by atoms with Crippen molar-refractivity contribution in [3.63, 3.8) is 0 Å². The zero-order valence-electron chi connectivity index (χ0n) is 15.3. The van der Waals surface area contributed by atoms with Crippen molar-refractivity contribution in [2.75, 3.05) is 0 Å². The lowest BCUT2D eigenvalue weighted by Crippen LogP contribution is -1.95. The fraction of sp³-hybridized carbons (Fsp3) is 0.905. The van der Waals surface area contributed by atoms with E-state index < -0.39 is 0 Å². The molecule has 0 spiro atoms. The monoisotopic (exact) mass is 294 g/mol. The fourth-order valence-electron chi connectivity index (χ4n) is 3.05. The third-order valence-corrected chi connectivity index (χ3v) is 4.60. The van der Waals surface area contributed by atoms with E-state index >= 15 is 0 Å². The van der Waals surface area contributed by atoms with Crippen LogP contribution in [0.1, 0.15) is 117 Å². The summed E-state index contributed by atoms with van der Waals surface area (Å²) >= 11 is 0. The van der Waals surface area contributed by atoms with E-state index in [0.717, 1.165) is 5.92 Å². The molecule has 126 valence electrons. The molecule has 1 atom stereocenters. The van der Waals surface area contributed by atoms with E-state index in [1.165, 1.54) is 96.3 Å². The predicted octanol–water partition coefficient (Wildman–Crippen LogP) is 8.07. The zero-order valence-corrected chi connectivity index (χ0v) is 15.3. The SMILES string of the molecule is C/C=C/CCCCC(C)CCCCCCCCCCCC. The summed E-state index contributed by atoms with van der Waals surface area (Å²) < 4.78 is 0. The van der Waals surface area contributed by atoms with Crippen molar-refractivity contribution in [1.82, 2.24) is 0 Å². The third-order valence-electron chi connectivity index (χ3n) is 4.60. The van der Waals surface area contributed by atoms with Gasteiger partial charge in [-0.1, -0.05) is 109 Å². The van der Waals surface area contributed by atoms with E-state index in [4.69, 9.17) is 0 Å². The minimum absolute atomic E-state index is 0.949. The van der Waals surface area contributed by atoms with Crippen molar-refractivity contribution in [3.05, 3.63) is 12.2 Å². The van der Waals surface area contributed by atoms with Crippen LogP contribution < -0.4 is 0 Å². The molecule has 0 aromatic rings. The summed E-state index contributed by atoms with van der Waals surface area (Å²) in [7, 11) is 0. The van der Waals surface area contributed by atoms with Gasteiger partial charge in [0, 0.05) is 0 Å². The minimum Gasteiger partial charge on any atom is -0.0917 e. The molecular formula is C21H42. The van der Waals surface area contributed by atoms with Crippen molar-refractivity contribution in [3.8, 4) is 0 Å². The van der Waals surface area contributed by atoms with Crippen LogP contribution in [0.3, 0.4) is 0 Å². The highest BCUT2D eigenvalue weighted by atomic mass is 14.1. The van der Waals surface area contributed by atoms with Gasteiger partial charge in [0.15, 0.2) is 0 Å². The van der Waals surface area contributed by atoms with E-state index in [1.54, 1.807) is 0 Å². The lowest BCUT2D eigenvalue weighted by atomic mass is 9.96. The van der Waals surface area contributed by atoms with Crippen molar-refractivity contribution in [2.24, 2.45) is 5.92 Å². The average Bonchev–Trinajstić information content (AvgIpc) is 2.49. The molecular weight excluding hydrogens is 252 g/mol. The molecule has 0 heterocycles. The van der Waals surface area contributed by atoms with E-state index in [0.29, 0.717) is 0 Å². The first-order valence-electron chi connectivity index (χ1n) is 9.92. The van der Waals surface area contributed by atoms with Crippen LogP contribution in [-0.4, -0.2) is 0 Å². The van der Waals surface area contributed by atoms with Gasteiger partial charge in [0.25, 0.3) is 0 Å². The predicted molar refractivity (Wildman–Crippen MR) is 98.9 cm³/mol. The van der Waals surface area contributed by atoms with Crippen LogP contribution in [0.4, 0.5) is 0 Å². The van der Waals surface area contributed by atoms with E-state index in [2.05, 4.69) is 32.9 Å². The molecule has 0 aliphatic rings. The smallest absolute Gasteiger partial charge is 0.0351 e. The van der Waals surface area contributed by atoms with Gasteiger partial charge in [-0.2, -0.15) is 0 Å². The normalized spacial score (nSPS) is 13.1. The molecule has 0 rings (SSSR count). The van der Waals surface area contributed by atoms with Gasteiger partial charge in [0.1, 0.15) is 0 Å². The molecule has 0 aliphatic carbocycles. The highest BCUT2D eigenvalue weighted by Gasteiger charge is 2.01. The summed E-state index contributed by atoms with van der Waals surface area (Å²) in [6.45, 7) is 6.86. The molecule has 0 saturated carbocycles. The number of rotatable bonds is 16. The Morgan fingerprint density at radius 1 is 0.667 bits per heavy atom. The second-order valence-electron chi connectivity index (χ2n) is 6.93. The molecule has 0 nitrogen and oxygen atoms in total. The summed E-state index contributed by atoms with van der Waals surface area (Å²) in [4.78, 5) is 0. The number of hydrogen-bond acceptors (Lipinski definition) is 0. The molecule has 21 heavy (non-hydrogen) atoms. The van der Waals surface area contributed by atoms with Crippen LogP contribution in [0.2, 0.25) is 0 Å². The second-order valence-corrected chi connectivity index (χ2v) is 6.93. The third kappa shape index (κ3) is 17.7. The van der Waals surface area contributed by atoms with Gasteiger partial charge in [-0.15, -0.1) is 0 Å². The minimum atomic E-state index is 0.949. The van der Waals surface area contributed by atoms with Crippen molar-refractivity contribution in [2.45, 2.75) is 117 Å². The largest absolute Gasteiger partial charge is 0.0917 e. The van der Waals surface area contributed by atoms with Crippen LogP contribution in [-0.2, 0) is 0 Å². The van der Waals surface area contributed by atoms with Gasteiger partial charge < -0.3 is 0 Å². The Balaban J connectivity index is 3.12. The van der Waals surface area contributed by atoms with Crippen molar-refractivity contribution in [1.29, 1.82) is 0 Å². The van der Waals surface area contributed by atoms with Crippen molar-refractivity contribution < 1.29 is 0 Å². The molecule has 0 aromatic heterocycles. The number of allylic oxidation sites excluding steroid dienone is 2. The summed E-state index contributed by atoms with van der Waals surface area (Å²) in [5, 5.41) is 0. The lowest BCUT2D eigenvalue weighted by Gasteiger charge is -2.10. The second kappa shape index (κ2) is 17.8. The first-order valence-corrected chi connectivity index (χ1v) is 9.92. The summed E-state index contributed by atoms with van der Waals surface area (Å²) in [5.41, 5.74) is 0. The van der Waals surface area contributed by atoms with Gasteiger partial charge in [0.2, 0.25) is 0 Å². The quantitative estimate of drug-likeness (QED) is 0.199. The Morgan fingerprint density at radius 3 is 1.67 bits per heavy atom. The topological polar surface area (TPSA) is 0 Å². The highest BCUT2D eigenvalue weighted by Crippen LogP contribution is 2.18. The van der Waals surface area contributed by atoms with E-state index in [9.17, 15) is 0 Å². The van der Waals surface area contributed by atoms with Crippen molar-refractivity contribution >= 4 is 0 Å². The highest BCUT2D eigenvalue weighted by molar-refractivity contribution is 4.76. The maximum Gasteiger partial charge on any atom is -0.0351 e. The van der Waals surface area contributed by atoms with Gasteiger partial charge >= 0.3 is 0 Å². The first kappa shape index (κ1) is 20.7.